The van der Waals surface area contributed by atoms with E-state index in [4.69, 9.17) is 0 Å². The van der Waals surface area contributed by atoms with Crippen LogP contribution in [0.3, 0.4) is 0 Å². The predicted molar refractivity (Wildman–Crippen MR) is 78.7 cm³/mol. The monoisotopic (exact) mass is 278 g/mol. The lowest BCUT2D eigenvalue weighted by atomic mass is 10.2. The van der Waals surface area contributed by atoms with Crippen molar-refractivity contribution in [3.8, 4) is 0 Å². The van der Waals surface area contributed by atoms with Crippen LogP contribution in [0.4, 0.5) is 5.82 Å². The zero-order valence-electron chi connectivity index (χ0n) is 12.0. The van der Waals surface area contributed by atoms with Gasteiger partial charge in [-0.05, 0) is 25.5 Å². The highest BCUT2D eigenvalue weighted by molar-refractivity contribution is 5.98. The topological polar surface area (TPSA) is 83.1 Å². The Morgan fingerprint density at radius 2 is 2.00 bits per heavy atom. The van der Waals surface area contributed by atoms with Gasteiger partial charge in [-0.15, -0.1) is 0 Å². The molecule has 6 heteroatoms. The summed E-state index contributed by atoms with van der Waals surface area (Å²) in [5.74, 6) is 0.283. The molecule has 0 fully saturated rings. The standard InChI is InChI=1S/C14H22N4O2/c1-3-8-16-12(19)7-10-18-14(20)11-6-5-9-17-13(11)15-4-2/h5-6,9H,3-4,7-8,10H2,1-2H3,(H,15,17)(H,16,19)(H,18,20). The van der Waals surface area contributed by atoms with Crippen LogP contribution in [-0.4, -0.2) is 36.4 Å². The minimum atomic E-state index is -0.225. The number of aromatic nitrogens is 1. The van der Waals surface area contributed by atoms with Crippen molar-refractivity contribution in [1.82, 2.24) is 15.6 Å². The van der Waals surface area contributed by atoms with Gasteiger partial charge in [-0.25, -0.2) is 4.98 Å². The van der Waals surface area contributed by atoms with Gasteiger partial charge in [0.05, 0.1) is 5.56 Å². The van der Waals surface area contributed by atoms with Gasteiger partial charge in [0.2, 0.25) is 5.91 Å². The summed E-state index contributed by atoms with van der Waals surface area (Å²) < 4.78 is 0. The van der Waals surface area contributed by atoms with Gasteiger partial charge in [0.15, 0.2) is 0 Å². The third-order valence-corrected chi connectivity index (χ3v) is 2.61. The maximum Gasteiger partial charge on any atom is 0.255 e. The van der Waals surface area contributed by atoms with Crippen molar-refractivity contribution >= 4 is 17.6 Å². The van der Waals surface area contributed by atoms with E-state index in [1.807, 2.05) is 13.8 Å². The van der Waals surface area contributed by atoms with Gasteiger partial charge < -0.3 is 16.0 Å². The third-order valence-electron chi connectivity index (χ3n) is 2.61. The zero-order valence-corrected chi connectivity index (χ0v) is 12.0. The second-order valence-corrected chi connectivity index (χ2v) is 4.29. The van der Waals surface area contributed by atoms with Crippen LogP contribution in [0.1, 0.15) is 37.0 Å². The van der Waals surface area contributed by atoms with Crippen LogP contribution < -0.4 is 16.0 Å². The summed E-state index contributed by atoms with van der Waals surface area (Å²) in [5.41, 5.74) is 0.489. The van der Waals surface area contributed by atoms with Crippen molar-refractivity contribution in [3.05, 3.63) is 23.9 Å². The van der Waals surface area contributed by atoms with Gasteiger partial charge in [-0.3, -0.25) is 9.59 Å². The second kappa shape index (κ2) is 8.90. The highest BCUT2D eigenvalue weighted by Crippen LogP contribution is 2.10. The van der Waals surface area contributed by atoms with Crippen molar-refractivity contribution in [2.24, 2.45) is 0 Å². The number of amides is 2. The molecule has 0 atom stereocenters. The molecular formula is C14H22N4O2. The number of carbonyl (C=O) groups excluding carboxylic acids is 2. The van der Waals surface area contributed by atoms with Crippen molar-refractivity contribution < 1.29 is 9.59 Å². The Morgan fingerprint density at radius 1 is 1.20 bits per heavy atom. The molecule has 0 unspecified atom stereocenters. The van der Waals surface area contributed by atoms with Gasteiger partial charge >= 0.3 is 0 Å². The minimum absolute atomic E-state index is 0.0507. The quantitative estimate of drug-likeness (QED) is 0.666. The number of pyridine rings is 1. The minimum Gasteiger partial charge on any atom is -0.370 e. The molecule has 0 radical (unpaired) electrons. The van der Waals surface area contributed by atoms with E-state index in [2.05, 4.69) is 20.9 Å². The van der Waals surface area contributed by atoms with Gasteiger partial charge in [0, 0.05) is 32.3 Å². The lowest BCUT2D eigenvalue weighted by molar-refractivity contribution is -0.120. The zero-order chi connectivity index (χ0) is 14.8. The van der Waals surface area contributed by atoms with E-state index >= 15 is 0 Å². The number of rotatable bonds is 8. The summed E-state index contributed by atoms with van der Waals surface area (Å²) in [5, 5.41) is 8.52. The first kappa shape index (κ1) is 15.9. The van der Waals surface area contributed by atoms with Crippen LogP contribution >= 0.6 is 0 Å². The highest BCUT2D eigenvalue weighted by Gasteiger charge is 2.11. The molecule has 1 rings (SSSR count). The first-order chi connectivity index (χ1) is 9.69. The Balaban J connectivity index is 2.45. The SMILES string of the molecule is CCCNC(=O)CCNC(=O)c1cccnc1NCC. The molecule has 6 nitrogen and oxygen atoms in total. The number of carbonyl (C=O) groups is 2. The Kier molecular flexibility index (Phi) is 7.10. The van der Waals surface area contributed by atoms with E-state index in [9.17, 15) is 9.59 Å². The molecule has 0 aliphatic heterocycles. The first-order valence-electron chi connectivity index (χ1n) is 6.92. The lowest BCUT2D eigenvalue weighted by Gasteiger charge is -2.10. The Bertz CT molecular complexity index is 449. The number of nitrogens with one attached hydrogen (secondary N) is 3. The molecule has 0 saturated carbocycles. The molecule has 0 aliphatic carbocycles. The summed E-state index contributed by atoms with van der Waals surface area (Å²) >= 11 is 0. The molecule has 0 aromatic carbocycles. The average molecular weight is 278 g/mol. The van der Waals surface area contributed by atoms with E-state index in [-0.39, 0.29) is 18.2 Å². The van der Waals surface area contributed by atoms with Gasteiger partial charge in [-0.1, -0.05) is 6.92 Å². The molecule has 2 amide bonds. The van der Waals surface area contributed by atoms with Crippen LogP contribution in [0, 0.1) is 0 Å². The molecule has 0 aliphatic rings. The van der Waals surface area contributed by atoms with Crippen LogP contribution in [-0.2, 0) is 4.79 Å². The van der Waals surface area contributed by atoms with Crippen molar-refractivity contribution in [2.45, 2.75) is 26.7 Å². The van der Waals surface area contributed by atoms with E-state index < -0.39 is 0 Å². The molecule has 0 bridgehead atoms. The van der Waals surface area contributed by atoms with Crippen molar-refractivity contribution in [2.75, 3.05) is 25.0 Å². The number of hydrogen-bond acceptors (Lipinski definition) is 4. The smallest absolute Gasteiger partial charge is 0.255 e. The fourth-order valence-electron chi connectivity index (χ4n) is 1.63. The first-order valence-corrected chi connectivity index (χ1v) is 6.92. The molecule has 1 heterocycles. The molecule has 20 heavy (non-hydrogen) atoms. The number of anilines is 1. The van der Waals surface area contributed by atoms with Crippen LogP contribution in [0.2, 0.25) is 0 Å². The van der Waals surface area contributed by atoms with Crippen LogP contribution in [0.5, 0.6) is 0 Å². The normalized spacial score (nSPS) is 9.90. The molecule has 1 aromatic rings. The van der Waals surface area contributed by atoms with Crippen molar-refractivity contribution in [3.63, 3.8) is 0 Å². The summed E-state index contributed by atoms with van der Waals surface area (Å²) in [6.07, 6.45) is 2.81. The number of hydrogen-bond donors (Lipinski definition) is 3. The third kappa shape index (κ3) is 5.26. The summed E-state index contributed by atoms with van der Waals surface area (Å²) in [4.78, 5) is 27.5. The van der Waals surface area contributed by atoms with Crippen LogP contribution in [0.15, 0.2) is 18.3 Å². The molecule has 1 aromatic heterocycles. The van der Waals surface area contributed by atoms with Gasteiger partial charge in [0.1, 0.15) is 5.82 Å². The molecule has 3 N–H and O–H groups in total. The highest BCUT2D eigenvalue weighted by atomic mass is 16.2. The summed E-state index contributed by atoms with van der Waals surface area (Å²) in [6, 6.07) is 3.42. The maximum absolute atomic E-state index is 12.0. The number of nitrogens with zero attached hydrogens (tertiary/aromatic N) is 1. The lowest BCUT2D eigenvalue weighted by Crippen LogP contribution is -2.31. The fraction of sp³-hybridized carbons (Fsp3) is 0.500. The van der Waals surface area contributed by atoms with Gasteiger partial charge in [-0.2, -0.15) is 0 Å². The van der Waals surface area contributed by atoms with E-state index in [0.29, 0.717) is 31.0 Å². The molecule has 110 valence electrons. The predicted octanol–water partition coefficient (Wildman–Crippen LogP) is 1.16. The average Bonchev–Trinajstić information content (AvgIpc) is 2.46. The Labute approximate surface area is 119 Å². The van der Waals surface area contributed by atoms with Gasteiger partial charge in [0.25, 0.3) is 5.91 Å². The fourth-order valence-corrected chi connectivity index (χ4v) is 1.63. The van der Waals surface area contributed by atoms with E-state index in [0.717, 1.165) is 6.42 Å². The largest absolute Gasteiger partial charge is 0.370 e. The van der Waals surface area contributed by atoms with E-state index in [1.54, 1.807) is 18.3 Å². The molecule has 0 saturated heterocycles. The molecule has 0 spiro atoms. The van der Waals surface area contributed by atoms with E-state index in [1.165, 1.54) is 0 Å². The van der Waals surface area contributed by atoms with Crippen LogP contribution in [0.25, 0.3) is 0 Å². The molecular weight excluding hydrogens is 256 g/mol. The second-order valence-electron chi connectivity index (χ2n) is 4.29. The maximum atomic E-state index is 12.0. The summed E-state index contributed by atoms with van der Waals surface area (Å²) in [6.45, 7) is 5.60. The Morgan fingerprint density at radius 3 is 2.70 bits per heavy atom. The Hall–Kier alpha value is -2.11. The summed E-state index contributed by atoms with van der Waals surface area (Å²) in [7, 11) is 0. The van der Waals surface area contributed by atoms with Crippen molar-refractivity contribution in [1.29, 1.82) is 0 Å².